The zero-order valence-corrected chi connectivity index (χ0v) is 11.8. The van der Waals surface area contributed by atoms with Crippen molar-refractivity contribution in [1.82, 2.24) is 0 Å². The highest BCUT2D eigenvalue weighted by molar-refractivity contribution is 9.10. The summed E-state index contributed by atoms with van der Waals surface area (Å²) in [5.41, 5.74) is 3.14. The van der Waals surface area contributed by atoms with Gasteiger partial charge in [0, 0.05) is 15.5 Å². The van der Waals surface area contributed by atoms with Gasteiger partial charge in [0.15, 0.2) is 0 Å². The van der Waals surface area contributed by atoms with Gasteiger partial charge in [-0.3, -0.25) is 0 Å². The molecule has 0 radical (unpaired) electrons. The van der Waals surface area contributed by atoms with Crippen LogP contribution in [0.5, 0.6) is 0 Å². The number of aryl methyl sites for hydroxylation is 1. The number of hydrogen-bond donors (Lipinski definition) is 0. The first-order valence-corrected chi connectivity index (χ1v) is 7.96. The summed E-state index contributed by atoms with van der Waals surface area (Å²) >= 11 is 7.89. The maximum atomic E-state index is 3.56. The molecule has 0 nitrogen and oxygen atoms in total. The van der Waals surface area contributed by atoms with E-state index >= 15 is 0 Å². The molecule has 0 N–H and O–H groups in total. The molecule has 2 aliphatic rings. The van der Waals surface area contributed by atoms with Crippen LogP contribution in [-0.4, -0.2) is 11.0 Å². The Morgan fingerprint density at radius 3 is 3.07 bits per heavy atom. The largest absolute Gasteiger partial charge is 0.138 e. The van der Waals surface area contributed by atoms with Crippen molar-refractivity contribution in [3.8, 4) is 0 Å². The molecular weight excluding hydrogens is 288 g/mol. The van der Waals surface area contributed by atoms with E-state index in [-0.39, 0.29) is 0 Å². The van der Waals surface area contributed by atoms with Crippen molar-refractivity contribution in [2.75, 3.05) is 5.75 Å². The third-order valence-electron chi connectivity index (χ3n) is 3.14. The van der Waals surface area contributed by atoms with Gasteiger partial charge in [0.05, 0.1) is 4.08 Å². The molecule has 1 aromatic carbocycles. The Morgan fingerprint density at radius 2 is 2.33 bits per heavy atom. The van der Waals surface area contributed by atoms with Gasteiger partial charge in [-0.2, -0.15) is 0 Å². The Bertz CT molecular complexity index is 405. The van der Waals surface area contributed by atoms with Gasteiger partial charge in [0.25, 0.3) is 0 Å². The number of fused-ring (bicyclic) bond motifs is 2. The Morgan fingerprint density at radius 1 is 1.47 bits per heavy atom. The van der Waals surface area contributed by atoms with Gasteiger partial charge in [-0.05, 0) is 36.1 Å². The first kappa shape index (κ1) is 10.5. The molecule has 0 aromatic heterocycles. The first-order valence-electron chi connectivity index (χ1n) is 5.30. The highest BCUT2D eigenvalue weighted by atomic mass is 79.9. The smallest absolute Gasteiger partial charge is 0.0869 e. The van der Waals surface area contributed by atoms with Crippen LogP contribution in [0, 0.1) is 0 Å². The molecule has 3 heteroatoms. The Labute approximate surface area is 108 Å². The van der Waals surface area contributed by atoms with Crippen molar-refractivity contribution in [1.29, 1.82) is 0 Å². The van der Waals surface area contributed by atoms with Crippen LogP contribution < -0.4 is 0 Å². The minimum Gasteiger partial charge on any atom is -0.138 e. The molecule has 2 atom stereocenters. The predicted octanol–water partition coefficient (Wildman–Crippen LogP) is 4.42. The Balaban J connectivity index is 2.04. The van der Waals surface area contributed by atoms with Gasteiger partial charge in [-0.15, -0.1) is 23.5 Å². The molecule has 0 amide bonds. The molecule has 1 heterocycles. The minimum atomic E-state index is 0.398. The summed E-state index contributed by atoms with van der Waals surface area (Å²) in [6.45, 7) is 2.35. The summed E-state index contributed by atoms with van der Waals surface area (Å²) in [6, 6.07) is 6.81. The normalized spacial score (nSPS) is 33.6. The third kappa shape index (κ3) is 1.67. The number of rotatable bonds is 0. The van der Waals surface area contributed by atoms with E-state index in [0.717, 1.165) is 5.25 Å². The Hall–Kier alpha value is 0.400. The van der Waals surface area contributed by atoms with Crippen LogP contribution in [0.1, 0.15) is 24.5 Å². The van der Waals surface area contributed by atoms with E-state index in [9.17, 15) is 0 Å². The van der Waals surface area contributed by atoms with E-state index < -0.39 is 0 Å². The van der Waals surface area contributed by atoms with E-state index in [1.54, 1.807) is 11.1 Å². The fourth-order valence-corrected chi connectivity index (χ4v) is 6.65. The van der Waals surface area contributed by atoms with E-state index in [2.05, 4.69) is 64.6 Å². The van der Waals surface area contributed by atoms with Gasteiger partial charge in [0.1, 0.15) is 0 Å². The lowest BCUT2D eigenvalue weighted by molar-refractivity contribution is 0.843. The molecule has 1 fully saturated rings. The molecule has 80 valence electrons. The molecular formula is C12H13BrS2. The summed E-state index contributed by atoms with van der Waals surface area (Å²) in [4.78, 5) is 0. The zero-order chi connectivity index (χ0) is 10.5. The average molecular weight is 301 g/mol. The lowest BCUT2D eigenvalue weighted by atomic mass is 10.1. The lowest BCUT2D eigenvalue weighted by Crippen LogP contribution is -2.09. The molecule has 1 aromatic rings. The molecule has 0 saturated carbocycles. The maximum Gasteiger partial charge on any atom is 0.0869 e. The molecule has 0 unspecified atom stereocenters. The third-order valence-corrected chi connectivity index (χ3v) is 7.42. The maximum absolute atomic E-state index is 3.56. The van der Waals surface area contributed by atoms with Gasteiger partial charge in [0.2, 0.25) is 0 Å². The minimum absolute atomic E-state index is 0.398. The van der Waals surface area contributed by atoms with Crippen LogP contribution in [0.4, 0.5) is 0 Å². The SMILES string of the molecule is C[C@H]1CS[C@@]2(CCc3cc(Br)ccc32)S1. The summed E-state index contributed by atoms with van der Waals surface area (Å²) in [6.07, 6.45) is 2.57. The highest BCUT2D eigenvalue weighted by Gasteiger charge is 2.44. The second kappa shape index (κ2) is 3.71. The van der Waals surface area contributed by atoms with Crippen LogP contribution >= 0.6 is 39.5 Å². The summed E-state index contributed by atoms with van der Waals surface area (Å²) in [5.74, 6) is 1.31. The van der Waals surface area contributed by atoms with Crippen LogP contribution in [0.25, 0.3) is 0 Å². The second-order valence-corrected chi connectivity index (χ2v) is 8.52. The topological polar surface area (TPSA) is 0 Å². The summed E-state index contributed by atoms with van der Waals surface area (Å²) < 4.78 is 1.62. The summed E-state index contributed by atoms with van der Waals surface area (Å²) in [7, 11) is 0. The van der Waals surface area contributed by atoms with Crippen molar-refractivity contribution in [3.63, 3.8) is 0 Å². The zero-order valence-electron chi connectivity index (χ0n) is 8.63. The van der Waals surface area contributed by atoms with E-state index in [1.807, 2.05) is 0 Å². The molecule has 3 rings (SSSR count). The Kier molecular flexibility index (Phi) is 2.61. The number of halogens is 1. The average Bonchev–Trinajstić information content (AvgIpc) is 2.73. The van der Waals surface area contributed by atoms with Crippen molar-refractivity contribution in [2.24, 2.45) is 0 Å². The number of hydrogen-bond acceptors (Lipinski definition) is 2. The van der Waals surface area contributed by atoms with Gasteiger partial charge in [-0.25, -0.2) is 0 Å². The molecule has 1 aliphatic heterocycles. The number of benzene rings is 1. The standard InChI is InChI=1S/C12H13BrS2/c1-8-7-14-12(15-8)5-4-9-6-10(13)2-3-11(9)12/h2-3,6,8H,4-5,7H2,1H3/t8-,12-/m0/s1. The molecule has 1 spiro atoms. The molecule has 1 aliphatic carbocycles. The van der Waals surface area contributed by atoms with Crippen LogP contribution in [-0.2, 0) is 10.5 Å². The molecule has 0 bridgehead atoms. The fraction of sp³-hybridized carbons (Fsp3) is 0.500. The highest BCUT2D eigenvalue weighted by Crippen LogP contribution is 2.61. The predicted molar refractivity (Wildman–Crippen MR) is 73.7 cm³/mol. The van der Waals surface area contributed by atoms with E-state index in [1.165, 1.54) is 23.1 Å². The van der Waals surface area contributed by atoms with Crippen molar-refractivity contribution >= 4 is 39.5 Å². The fourth-order valence-electron chi connectivity index (χ4n) is 2.49. The van der Waals surface area contributed by atoms with E-state index in [4.69, 9.17) is 0 Å². The van der Waals surface area contributed by atoms with Crippen molar-refractivity contribution in [2.45, 2.75) is 29.1 Å². The quantitative estimate of drug-likeness (QED) is 0.696. The van der Waals surface area contributed by atoms with Crippen LogP contribution in [0.3, 0.4) is 0 Å². The van der Waals surface area contributed by atoms with Gasteiger partial charge < -0.3 is 0 Å². The van der Waals surface area contributed by atoms with Crippen molar-refractivity contribution < 1.29 is 0 Å². The van der Waals surface area contributed by atoms with Gasteiger partial charge in [-0.1, -0.05) is 28.9 Å². The first-order chi connectivity index (χ1) is 7.20. The van der Waals surface area contributed by atoms with Crippen LogP contribution in [0.15, 0.2) is 22.7 Å². The molecule has 1 saturated heterocycles. The lowest BCUT2D eigenvalue weighted by Gasteiger charge is -2.22. The second-order valence-electron chi connectivity index (χ2n) is 4.29. The van der Waals surface area contributed by atoms with Crippen molar-refractivity contribution in [3.05, 3.63) is 33.8 Å². The number of thioether (sulfide) groups is 2. The van der Waals surface area contributed by atoms with Crippen LogP contribution in [0.2, 0.25) is 0 Å². The van der Waals surface area contributed by atoms with Gasteiger partial charge >= 0.3 is 0 Å². The van der Waals surface area contributed by atoms with E-state index in [0.29, 0.717) is 4.08 Å². The monoisotopic (exact) mass is 300 g/mol. The summed E-state index contributed by atoms with van der Waals surface area (Å²) in [5, 5.41) is 0.810. The molecule has 15 heavy (non-hydrogen) atoms.